The van der Waals surface area contributed by atoms with E-state index >= 15 is 0 Å². The zero-order valence-electron chi connectivity index (χ0n) is 16.9. The molecule has 1 saturated heterocycles. The summed E-state index contributed by atoms with van der Waals surface area (Å²) in [4.78, 5) is 27.3. The maximum Gasteiger partial charge on any atom is 0.251 e. The molecule has 0 atom stereocenters. The van der Waals surface area contributed by atoms with Gasteiger partial charge in [-0.3, -0.25) is 9.59 Å². The Bertz CT molecular complexity index is 1130. The Morgan fingerprint density at radius 1 is 1.10 bits per heavy atom. The molecule has 0 saturated carbocycles. The van der Waals surface area contributed by atoms with Crippen molar-refractivity contribution in [1.29, 1.82) is 0 Å². The van der Waals surface area contributed by atoms with Crippen molar-refractivity contribution in [3.63, 3.8) is 0 Å². The van der Waals surface area contributed by atoms with Gasteiger partial charge in [0.05, 0.1) is 5.52 Å². The maximum atomic E-state index is 13.1. The lowest BCUT2D eigenvalue weighted by atomic mass is 9.88. The molecule has 1 aliphatic rings. The molecular weight excluding hydrogens is 403 g/mol. The van der Waals surface area contributed by atoms with Crippen molar-refractivity contribution >= 4 is 28.3 Å². The molecule has 0 unspecified atom stereocenters. The van der Waals surface area contributed by atoms with Gasteiger partial charge in [-0.15, -0.1) is 0 Å². The number of hydrogen-bond acceptors (Lipinski definition) is 3. The number of halogens is 2. The van der Waals surface area contributed by atoms with Crippen LogP contribution in [0.5, 0.6) is 0 Å². The normalized spacial score (nSPS) is 15.6. The van der Waals surface area contributed by atoms with Gasteiger partial charge in [-0.25, -0.2) is 4.39 Å². The maximum absolute atomic E-state index is 13.1. The van der Waals surface area contributed by atoms with Gasteiger partial charge in [-0.2, -0.15) is 0 Å². The first-order chi connectivity index (χ1) is 14.4. The predicted octanol–water partition coefficient (Wildman–Crippen LogP) is 4.47. The molecule has 0 N–H and O–H groups in total. The second kappa shape index (κ2) is 8.70. The minimum atomic E-state index is -0.328. The highest BCUT2D eigenvalue weighted by atomic mass is 35.5. The summed E-state index contributed by atoms with van der Waals surface area (Å²) in [6.07, 6.45) is 2.34. The highest BCUT2D eigenvalue weighted by molar-refractivity contribution is 6.31. The number of carbonyl (C=O) groups is 1. The first-order valence-electron chi connectivity index (χ1n) is 10.2. The lowest BCUT2D eigenvalue weighted by Gasteiger charge is -2.31. The molecule has 1 fully saturated rings. The molecule has 30 heavy (non-hydrogen) atoms. The van der Waals surface area contributed by atoms with Crippen molar-refractivity contribution in [3.8, 4) is 0 Å². The molecular formula is C24H24ClFN2O2. The van der Waals surface area contributed by atoms with Gasteiger partial charge in [0.2, 0.25) is 0 Å². The summed E-state index contributed by atoms with van der Waals surface area (Å²) in [6.45, 7) is 2.49. The van der Waals surface area contributed by atoms with Gasteiger partial charge < -0.3 is 9.47 Å². The molecule has 0 spiro atoms. The summed E-state index contributed by atoms with van der Waals surface area (Å²) in [6, 6.07) is 13.1. The molecule has 1 aliphatic heterocycles. The van der Waals surface area contributed by atoms with Gasteiger partial charge in [0.1, 0.15) is 5.82 Å². The van der Waals surface area contributed by atoms with E-state index in [1.54, 1.807) is 35.9 Å². The van der Waals surface area contributed by atoms with Crippen LogP contribution in [0.3, 0.4) is 0 Å². The number of aryl methyl sites for hydroxylation is 1. The Hall–Kier alpha value is -2.50. The number of Topliss-reactive ketones (excluding diaryl/α,β-unsaturated/α-hetero) is 1. The number of hydrogen-bond donors (Lipinski definition) is 0. The minimum absolute atomic E-state index is 0.0182. The third-order valence-corrected chi connectivity index (χ3v) is 6.31. The van der Waals surface area contributed by atoms with E-state index in [4.69, 9.17) is 11.6 Å². The van der Waals surface area contributed by atoms with Crippen molar-refractivity contribution < 1.29 is 9.18 Å². The van der Waals surface area contributed by atoms with Crippen LogP contribution in [-0.4, -0.2) is 34.9 Å². The Morgan fingerprint density at radius 3 is 2.50 bits per heavy atom. The number of pyridine rings is 1. The first kappa shape index (κ1) is 20.8. The first-order valence-corrected chi connectivity index (χ1v) is 10.6. The number of benzene rings is 2. The molecule has 156 valence electrons. The second-order valence-electron chi connectivity index (χ2n) is 7.97. The fraction of sp³-hybridized carbons (Fsp3) is 0.333. The van der Waals surface area contributed by atoms with Crippen LogP contribution in [0.1, 0.15) is 28.8 Å². The average Bonchev–Trinajstić information content (AvgIpc) is 2.75. The topological polar surface area (TPSA) is 42.3 Å². The number of likely N-dealkylation sites (tertiary alicyclic amines) is 1. The zero-order chi connectivity index (χ0) is 21.3. The fourth-order valence-corrected chi connectivity index (χ4v) is 4.43. The molecule has 0 radical (unpaired) electrons. The number of ketones is 1. The molecule has 6 heteroatoms. The van der Waals surface area contributed by atoms with Crippen LogP contribution in [0.4, 0.5) is 4.39 Å². The van der Waals surface area contributed by atoms with E-state index in [2.05, 4.69) is 4.90 Å². The van der Waals surface area contributed by atoms with E-state index < -0.39 is 0 Å². The number of piperidine rings is 1. The average molecular weight is 427 g/mol. The van der Waals surface area contributed by atoms with Crippen molar-refractivity contribution in [1.82, 2.24) is 9.47 Å². The van der Waals surface area contributed by atoms with Gasteiger partial charge in [0, 0.05) is 41.5 Å². The van der Waals surface area contributed by atoms with Gasteiger partial charge in [0.15, 0.2) is 5.78 Å². The number of aromatic nitrogens is 1. The summed E-state index contributed by atoms with van der Waals surface area (Å²) in [5.41, 5.74) is 2.44. The van der Waals surface area contributed by atoms with Crippen molar-refractivity contribution in [3.05, 3.63) is 80.9 Å². The van der Waals surface area contributed by atoms with E-state index in [1.807, 2.05) is 12.1 Å². The lowest BCUT2D eigenvalue weighted by Crippen LogP contribution is -2.37. The van der Waals surface area contributed by atoms with Gasteiger partial charge in [-0.05, 0) is 80.4 Å². The highest BCUT2D eigenvalue weighted by Gasteiger charge is 2.25. The Kier molecular flexibility index (Phi) is 6.02. The van der Waals surface area contributed by atoms with E-state index in [0.717, 1.165) is 55.4 Å². The third-order valence-electron chi connectivity index (χ3n) is 6.08. The van der Waals surface area contributed by atoms with Crippen LogP contribution in [-0.2, 0) is 13.5 Å². The largest absolute Gasteiger partial charge is 0.311 e. The molecule has 0 amide bonds. The van der Waals surface area contributed by atoms with Crippen LogP contribution in [0.15, 0.2) is 53.3 Å². The smallest absolute Gasteiger partial charge is 0.251 e. The van der Waals surface area contributed by atoms with Gasteiger partial charge >= 0.3 is 0 Å². The Labute approximate surface area is 179 Å². The Morgan fingerprint density at radius 2 is 1.80 bits per heavy atom. The quantitative estimate of drug-likeness (QED) is 0.565. The summed E-state index contributed by atoms with van der Waals surface area (Å²) in [5.74, 6) is -0.247. The molecule has 2 aromatic carbocycles. The van der Waals surface area contributed by atoms with Crippen molar-refractivity contribution in [2.45, 2.75) is 19.3 Å². The number of fused-ring (bicyclic) bond motifs is 1. The van der Waals surface area contributed by atoms with Gasteiger partial charge in [-0.1, -0.05) is 11.6 Å². The SMILES string of the molecule is Cn1c(=O)cc(CCN2CCC(C(=O)c3ccc(F)cc3)CC2)c2cc(Cl)ccc21. The molecule has 2 heterocycles. The number of nitrogens with zero attached hydrogens (tertiary/aromatic N) is 2. The van der Waals surface area contributed by atoms with Crippen molar-refractivity contribution in [2.24, 2.45) is 13.0 Å². The zero-order valence-corrected chi connectivity index (χ0v) is 17.7. The molecule has 4 nitrogen and oxygen atoms in total. The number of rotatable bonds is 5. The van der Waals surface area contributed by atoms with Crippen molar-refractivity contribution in [2.75, 3.05) is 19.6 Å². The van der Waals surface area contributed by atoms with Crippen LogP contribution < -0.4 is 5.56 Å². The molecule has 1 aromatic heterocycles. The fourth-order valence-electron chi connectivity index (χ4n) is 4.25. The second-order valence-corrected chi connectivity index (χ2v) is 8.40. The summed E-state index contributed by atoms with van der Waals surface area (Å²) in [7, 11) is 1.77. The van der Waals surface area contributed by atoms with Gasteiger partial charge in [0.25, 0.3) is 5.56 Å². The Balaban J connectivity index is 1.40. The highest BCUT2D eigenvalue weighted by Crippen LogP contribution is 2.24. The monoisotopic (exact) mass is 426 g/mol. The summed E-state index contributed by atoms with van der Waals surface area (Å²) in [5, 5.41) is 1.66. The molecule has 0 aliphatic carbocycles. The minimum Gasteiger partial charge on any atom is -0.311 e. The van der Waals surface area contributed by atoms with E-state index in [0.29, 0.717) is 10.6 Å². The van der Waals surface area contributed by atoms with E-state index in [-0.39, 0.29) is 23.1 Å². The van der Waals surface area contributed by atoms with Crippen LogP contribution >= 0.6 is 11.6 Å². The van der Waals surface area contributed by atoms with Crippen LogP contribution in [0.2, 0.25) is 5.02 Å². The number of carbonyl (C=O) groups excluding carboxylic acids is 1. The molecule has 4 rings (SSSR count). The third kappa shape index (κ3) is 4.32. The summed E-state index contributed by atoms with van der Waals surface area (Å²) >= 11 is 6.19. The molecule has 3 aromatic rings. The predicted molar refractivity (Wildman–Crippen MR) is 118 cm³/mol. The lowest BCUT2D eigenvalue weighted by molar-refractivity contribution is 0.0841. The standard InChI is InChI=1S/C24H24ClFN2O2/c1-27-22-7-4-19(25)15-21(22)18(14-23(27)29)10-13-28-11-8-17(9-12-28)24(30)16-2-5-20(26)6-3-16/h2-7,14-15,17H,8-13H2,1H3. The van der Waals surface area contributed by atoms with Crippen LogP contribution in [0, 0.1) is 11.7 Å². The summed E-state index contributed by atoms with van der Waals surface area (Å²) < 4.78 is 14.7. The van der Waals surface area contributed by atoms with E-state index in [9.17, 15) is 14.0 Å². The molecule has 0 bridgehead atoms. The van der Waals surface area contributed by atoms with Crippen LogP contribution in [0.25, 0.3) is 10.9 Å². The van der Waals surface area contributed by atoms with E-state index in [1.165, 1.54) is 12.1 Å².